The standard InChI is InChI=1S/C17H15FN2O6/c1-10(16(21)19-14-6-4-3-5-13(14)18)26-17(22)12-9-11(20(23)24)7-8-15(12)25-2/h3-10H,1-2H3,(H,19,21)/t10-/m1/s1. The normalized spacial score (nSPS) is 11.3. The molecule has 0 bridgehead atoms. The Morgan fingerprint density at radius 2 is 1.92 bits per heavy atom. The van der Waals surface area contributed by atoms with Gasteiger partial charge in [-0.3, -0.25) is 14.9 Å². The highest BCUT2D eigenvalue weighted by Crippen LogP contribution is 2.25. The van der Waals surface area contributed by atoms with Crippen molar-refractivity contribution in [2.45, 2.75) is 13.0 Å². The highest BCUT2D eigenvalue weighted by Gasteiger charge is 2.24. The van der Waals surface area contributed by atoms with Gasteiger partial charge in [-0.05, 0) is 25.1 Å². The van der Waals surface area contributed by atoms with Gasteiger partial charge in [0.1, 0.15) is 17.1 Å². The van der Waals surface area contributed by atoms with Crippen LogP contribution in [0.1, 0.15) is 17.3 Å². The molecule has 26 heavy (non-hydrogen) atoms. The Balaban J connectivity index is 2.13. The number of non-ortho nitro benzene ring substituents is 1. The highest BCUT2D eigenvalue weighted by molar-refractivity contribution is 5.98. The second-order valence-electron chi connectivity index (χ2n) is 5.16. The third kappa shape index (κ3) is 4.32. The molecule has 0 aromatic heterocycles. The molecular weight excluding hydrogens is 347 g/mol. The van der Waals surface area contributed by atoms with E-state index in [-0.39, 0.29) is 22.7 Å². The number of para-hydroxylation sites is 1. The molecule has 2 aromatic carbocycles. The van der Waals surface area contributed by atoms with E-state index in [1.54, 1.807) is 0 Å². The molecule has 2 rings (SSSR count). The van der Waals surface area contributed by atoms with E-state index < -0.39 is 28.7 Å². The molecule has 0 spiro atoms. The Hall–Kier alpha value is -3.49. The number of hydrogen-bond acceptors (Lipinski definition) is 6. The van der Waals surface area contributed by atoms with Crippen LogP contribution in [-0.4, -0.2) is 30.0 Å². The molecule has 136 valence electrons. The van der Waals surface area contributed by atoms with Crippen molar-refractivity contribution >= 4 is 23.3 Å². The Kier molecular flexibility index (Phi) is 5.84. The van der Waals surface area contributed by atoms with Crippen LogP contribution in [0.5, 0.6) is 5.75 Å². The highest BCUT2D eigenvalue weighted by atomic mass is 19.1. The van der Waals surface area contributed by atoms with Gasteiger partial charge >= 0.3 is 5.97 Å². The Bertz CT molecular complexity index is 855. The predicted octanol–water partition coefficient (Wildman–Crippen LogP) is 2.93. The summed E-state index contributed by atoms with van der Waals surface area (Å²) >= 11 is 0. The fourth-order valence-corrected chi connectivity index (χ4v) is 2.04. The van der Waals surface area contributed by atoms with Crippen LogP contribution >= 0.6 is 0 Å². The lowest BCUT2D eigenvalue weighted by molar-refractivity contribution is -0.384. The first-order chi connectivity index (χ1) is 12.3. The molecule has 0 saturated carbocycles. The predicted molar refractivity (Wildman–Crippen MR) is 89.6 cm³/mol. The molecule has 0 aliphatic rings. The zero-order valence-corrected chi connectivity index (χ0v) is 13.9. The smallest absolute Gasteiger partial charge is 0.342 e. The summed E-state index contributed by atoms with van der Waals surface area (Å²) < 4.78 is 23.5. The number of halogens is 1. The summed E-state index contributed by atoms with van der Waals surface area (Å²) in [6.07, 6.45) is -1.27. The van der Waals surface area contributed by atoms with Crippen LogP contribution in [0.25, 0.3) is 0 Å². The second-order valence-corrected chi connectivity index (χ2v) is 5.16. The van der Waals surface area contributed by atoms with E-state index in [1.807, 2.05) is 0 Å². The number of nitro groups is 1. The minimum absolute atomic E-state index is 0.0577. The Morgan fingerprint density at radius 3 is 2.54 bits per heavy atom. The number of benzene rings is 2. The Morgan fingerprint density at radius 1 is 1.23 bits per heavy atom. The van der Waals surface area contributed by atoms with Crippen molar-refractivity contribution in [3.8, 4) is 5.75 Å². The summed E-state index contributed by atoms with van der Waals surface area (Å²) in [6, 6.07) is 8.92. The van der Waals surface area contributed by atoms with Crippen LogP contribution in [0.4, 0.5) is 15.8 Å². The van der Waals surface area contributed by atoms with Gasteiger partial charge in [0.2, 0.25) is 0 Å². The first-order valence-electron chi connectivity index (χ1n) is 7.42. The summed E-state index contributed by atoms with van der Waals surface area (Å²) in [6.45, 7) is 1.29. The minimum atomic E-state index is -1.27. The molecule has 1 N–H and O–H groups in total. The molecule has 9 heteroatoms. The van der Waals surface area contributed by atoms with E-state index in [0.29, 0.717) is 0 Å². The van der Waals surface area contributed by atoms with Crippen LogP contribution in [-0.2, 0) is 9.53 Å². The van der Waals surface area contributed by atoms with Gasteiger partial charge in [0.05, 0.1) is 17.7 Å². The molecule has 0 fully saturated rings. The molecule has 0 aliphatic heterocycles. The van der Waals surface area contributed by atoms with Crippen molar-refractivity contribution in [1.82, 2.24) is 0 Å². The molecule has 8 nitrogen and oxygen atoms in total. The van der Waals surface area contributed by atoms with Crippen LogP contribution < -0.4 is 10.1 Å². The minimum Gasteiger partial charge on any atom is -0.496 e. The number of rotatable bonds is 6. The number of ether oxygens (including phenoxy) is 2. The Labute approximate surface area is 147 Å². The molecule has 0 unspecified atom stereocenters. The fraction of sp³-hybridized carbons (Fsp3) is 0.176. The SMILES string of the molecule is COc1ccc([N+](=O)[O-])cc1C(=O)O[C@H](C)C(=O)Nc1ccccc1F. The maximum Gasteiger partial charge on any atom is 0.342 e. The molecule has 1 atom stereocenters. The number of hydrogen-bond donors (Lipinski definition) is 1. The van der Waals surface area contributed by atoms with Gasteiger partial charge in [-0.25, -0.2) is 9.18 Å². The lowest BCUT2D eigenvalue weighted by Gasteiger charge is -2.15. The maximum atomic E-state index is 13.6. The summed E-state index contributed by atoms with van der Waals surface area (Å²) in [5.41, 5.74) is -0.596. The first kappa shape index (κ1) is 18.8. The number of esters is 1. The van der Waals surface area contributed by atoms with Gasteiger partial charge in [0.25, 0.3) is 11.6 Å². The summed E-state index contributed by atoms with van der Waals surface area (Å²) in [4.78, 5) is 34.5. The topological polar surface area (TPSA) is 108 Å². The van der Waals surface area contributed by atoms with Crippen molar-refractivity contribution < 1.29 is 28.4 Å². The number of anilines is 1. The van der Waals surface area contributed by atoms with Gasteiger partial charge in [-0.15, -0.1) is 0 Å². The van der Waals surface area contributed by atoms with E-state index in [0.717, 1.165) is 6.07 Å². The lowest BCUT2D eigenvalue weighted by atomic mass is 10.1. The van der Waals surface area contributed by atoms with Gasteiger partial charge in [-0.2, -0.15) is 0 Å². The number of carbonyl (C=O) groups is 2. The number of nitrogens with one attached hydrogen (secondary N) is 1. The van der Waals surface area contributed by atoms with Crippen LogP contribution in [0.3, 0.4) is 0 Å². The lowest BCUT2D eigenvalue weighted by Crippen LogP contribution is -2.30. The zero-order valence-electron chi connectivity index (χ0n) is 13.9. The van der Waals surface area contributed by atoms with E-state index in [1.165, 1.54) is 50.4 Å². The molecular formula is C17H15FN2O6. The number of methoxy groups -OCH3 is 1. The second kappa shape index (κ2) is 8.06. The summed E-state index contributed by atoms with van der Waals surface area (Å²) in [5.74, 6) is -2.32. The number of nitro benzene ring substituents is 1. The summed E-state index contributed by atoms with van der Waals surface area (Å²) in [7, 11) is 1.28. The van der Waals surface area contributed by atoms with Crippen LogP contribution in [0.15, 0.2) is 42.5 Å². The van der Waals surface area contributed by atoms with E-state index in [4.69, 9.17) is 9.47 Å². The first-order valence-corrected chi connectivity index (χ1v) is 7.42. The number of nitrogens with zero attached hydrogens (tertiary/aromatic N) is 1. The number of amides is 1. The average molecular weight is 362 g/mol. The quantitative estimate of drug-likeness (QED) is 0.481. The van der Waals surface area contributed by atoms with E-state index >= 15 is 0 Å². The van der Waals surface area contributed by atoms with E-state index in [9.17, 15) is 24.1 Å². The average Bonchev–Trinajstić information content (AvgIpc) is 2.62. The van der Waals surface area contributed by atoms with Gasteiger partial charge in [0, 0.05) is 12.1 Å². The fourth-order valence-electron chi connectivity index (χ4n) is 2.04. The molecule has 2 aromatic rings. The van der Waals surface area contributed by atoms with E-state index in [2.05, 4.69) is 5.32 Å². The largest absolute Gasteiger partial charge is 0.496 e. The zero-order chi connectivity index (χ0) is 19.3. The molecule has 1 amide bonds. The van der Waals surface area contributed by atoms with Crippen molar-refractivity contribution in [2.75, 3.05) is 12.4 Å². The maximum absolute atomic E-state index is 13.6. The van der Waals surface area contributed by atoms with Gasteiger partial charge in [-0.1, -0.05) is 12.1 Å². The molecule has 0 saturated heterocycles. The van der Waals surface area contributed by atoms with Crippen LogP contribution in [0, 0.1) is 15.9 Å². The van der Waals surface area contributed by atoms with Crippen molar-refractivity contribution in [2.24, 2.45) is 0 Å². The molecule has 0 aliphatic carbocycles. The van der Waals surface area contributed by atoms with Crippen molar-refractivity contribution in [3.63, 3.8) is 0 Å². The third-order valence-electron chi connectivity index (χ3n) is 3.40. The van der Waals surface area contributed by atoms with Crippen molar-refractivity contribution in [3.05, 3.63) is 64.0 Å². The summed E-state index contributed by atoms with van der Waals surface area (Å²) in [5, 5.41) is 13.1. The molecule has 0 heterocycles. The monoisotopic (exact) mass is 362 g/mol. The third-order valence-corrected chi connectivity index (χ3v) is 3.40. The van der Waals surface area contributed by atoms with Crippen LogP contribution in [0.2, 0.25) is 0 Å². The van der Waals surface area contributed by atoms with Crippen molar-refractivity contribution in [1.29, 1.82) is 0 Å². The van der Waals surface area contributed by atoms with Gasteiger partial charge < -0.3 is 14.8 Å². The molecule has 0 radical (unpaired) electrons. The van der Waals surface area contributed by atoms with Gasteiger partial charge in [0.15, 0.2) is 6.10 Å². The number of carbonyl (C=O) groups excluding carboxylic acids is 2.